The zero-order valence-corrected chi connectivity index (χ0v) is 17.9. The maximum atomic E-state index is 13.5. The molecule has 4 heterocycles. The van der Waals surface area contributed by atoms with Gasteiger partial charge in [0.25, 0.3) is 11.5 Å². The van der Waals surface area contributed by atoms with E-state index in [-0.39, 0.29) is 29.7 Å². The molecule has 3 aliphatic rings. The fraction of sp³-hybridized carbons (Fsp3) is 0.261. The maximum Gasteiger partial charge on any atom is 0.273 e. The molecule has 31 heavy (non-hydrogen) atoms. The first kappa shape index (κ1) is 19.0. The van der Waals surface area contributed by atoms with Crippen LogP contribution in [0.3, 0.4) is 0 Å². The number of carbonyl (C=O) groups is 1. The van der Waals surface area contributed by atoms with E-state index in [2.05, 4.69) is 5.32 Å². The number of halogens is 1. The number of carbonyl (C=O) groups excluding carboxylic acids is 1. The van der Waals surface area contributed by atoms with Crippen molar-refractivity contribution in [3.05, 3.63) is 84.4 Å². The summed E-state index contributed by atoms with van der Waals surface area (Å²) in [7, 11) is 0. The molecule has 1 aromatic heterocycles. The third-order valence-corrected chi connectivity index (χ3v) is 7.49. The molecule has 3 atom stereocenters. The molecule has 8 heteroatoms. The van der Waals surface area contributed by atoms with Gasteiger partial charge in [0.1, 0.15) is 10.8 Å². The van der Waals surface area contributed by atoms with Gasteiger partial charge in [-0.1, -0.05) is 53.3 Å². The van der Waals surface area contributed by atoms with E-state index in [0.717, 1.165) is 29.7 Å². The van der Waals surface area contributed by atoms with Gasteiger partial charge in [-0.3, -0.25) is 19.1 Å². The Labute approximate surface area is 186 Å². The lowest BCUT2D eigenvalue weighted by Gasteiger charge is -2.38. The zero-order chi connectivity index (χ0) is 21.1. The predicted octanol–water partition coefficient (Wildman–Crippen LogP) is 3.01. The van der Waals surface area contributed by atoms with E-state index >= 15 is 0 Å². The van der Waals surface area contributed by atoms with E-state index < -0.39 is 0 Å². The minimum absolute atomic E-state index is 0.0530. The lowest BCUT2D eigenvalue weighted by molar-refractivity contribution is -0.110. The summed E-state index contributed by atoms with van der Waals surface area (Å²) in [6, 6.07) is 15.0. The van der Waals surface area contributed by atoms with Crippen molar-refractivity contribution in [2.45, 2.75) is 25.1 Å². The molecule has 1 amide bonds. The molecule has 0 bridgehead atoms. The topological polar surface area (TPSA) is 72.7 Å². The highest BCUT2D eigenvalue weighted by atomic mass is 35.5. The largest absolute Gasteiger partial charge is 0.357 e. The van der Waals surface area contributed by atoms with Crippen LogP contribution >= 0.6 is 22.9 Å². The first-order chi connectivity index (χ1) is 15.1. The summed E-state index contributed by atoms with van der Waals surface area (Å²) < 4.78 is 8.17. The van der Waals surface area contributed by atoms with Gasteiger partial charge in [0, 0.05) is 28.8 Å². The first-order valence-electron chi connectivity index (χ1n) is 10.2. The summed E-state index contributed by atoms with van der Waals surface area (Å²) in [5, 5.41) is 3.53. The fourth-order valence-electron chi connectivity index (χ4n) is 4.76. The number of aromatic nitrogens is 1. The number of para-hydroxylation sites is 1. The number of amides is 1. The van der Waals surface area contributed by atoms with E-state index in [9.17, 15) is 9.59 Å². The molecular formula is C23H18ClN3O3S. The van der Waals surface area contributed by atoms with Crippen LogP contribution in [0.1, 0.15) is 36.2 Å². The van der Waals surface area contributed by atoms with Gasteiger partial charge in [-0.2, -0.15) is 0 Å². The lowest BCUT2D eigenvalue weighted by atomic mass is 9.86. The van der Waals surface area contributed by atoms with Gasteiger partial charge in [-0.15, -0.1) is 0 Å². The first-order valence-corrected chi connectivity index (χ1v) is 11.4. The summed E-state index contributed by atoms with van der Waals surface area (Å²) in [6.45, 7) is 0.603. The van der Waals surface area contributed by atoms with Crippen LogP contribution in [-0.2, 0) is 9.53 Å². The molecule has 2 aromatic carbocycles. The normalized spacial score (nSPS) is 25.8. The summed E-state index contributed by atoms with van der Waals surface area (Å²) in [4.78, 5) is 31.8. The molecule has 3 unspecified atom stereocenters. The number of fused-ring (bicyclic) bond motifs is 4. The third-order valence-electron chi connectivity index (χ3n) is 6.17. The third kappa shape index (κ3) is 2.91. The molecular weight excluding hydrogens is 434 g/mol. The molecule has 156 valence electrons. The minimum atomic E-state index is -0.389. The molecule has 1 N–H and O–H groups in total. The Morgan fingerprint density at radius 3 is 2.77 bits per heavy atom. The quantitative estimate of drug-likeness (QED) is 0.618. The Morgan fingerprint density at radius 1 is 1.13 bits per heavy atom. The van der Waals surface area contributed by atoms with Crippen LogP contribution in [0.5, 0.6) is 0 Å². The van der Waals surface area contributed by atoms with Crippen molar-refractivity contribution in [2.24, 2.45) is 10.9 Å². The Morgan fingerprint density at radius 2 is 1.94 bits per heavy atom. The number of nitrogens with one attached hydrogen (secondary N) is 1. The second kappa shape index (κ2) is 7.15. The van der Waals surface area contributed by atoms with Gasteiger partial charge in [-0.05, 0) is 36.6 Å². The van der Waals surface area contributed by atoms with Crippen molar-refractivity contribution in [3.8, 4) is 0 Å². The maximum absolute atomic E-state index is 13.5. The van der Waals surface area contributed by atoms with Gasteiger partial charge in [0.2, 0.25) is 0 Å². The van der Waals surface area contributed by atoms with Crippen molar-refractivity contribution < 1.29 is 9.53 Å². The van der Waals surface area contributed by atoms with Gasteiger partial charge in [0.05, 0.1) is 11.6 Å². The van der Waals surface area contributed by atoms with Crippen LogP contribution in [0.4, 0.5) is 5.69 Å². The Bertz CT molecular complexity index is 1390. The van der Waals surface area contributed by atoms with E-state index in [1.54, 1.807) is 4.57 Å². The number of benzene rings is 2. The van der Waals surface area contributed by atoms with E-state index in [1.807, 2.05) is 48.5 Å². The van der Waals surface area contributed by atoms with Crippen LogP contribution in [0.15, 0.2) is 58.3 Å². The van der Waals surface area contributed by atoms with Gasteiger partial charge >= 0.3 is 0 Å². The molecule has 0 aliphatic carbocycles. The van der Waals surface area contributed by atoms with Crippen molar-refractivity contribution in [1.82, 2.24) is 4.57 Å². The number of nitrogens with zero attached hydrogens (tertiary/aromatic N) is 2. The van der Waals surface area contributed by atoms with Gasteiger partial charge < -0.3 is 10.1 Å². The minimum Gasteiger partial charge on any atom is -0.357 e. The molecule has 6 nitrogen and oxygen atoms in total. The van der Waals surface area contributed by atoms with E-state index in [0.29, 0.717) is 26.5 Å². The average Bonchev–Trinajstić information content (AvgIpc) is 3.29. The molecule has 1 saturated heterocycles. The summed E-state index contributed by atoms with van der Waals surface area (Å²) in [5.41, 5.74) is 2.73. The van der Waals surface area contributed by atoms with Crippen molar-refractivity contribution in [3.63, 3.8) is 0 Å². The van der Waals surface area contributed by atoms with Gasteiger partial charge in [-0.25, -0.2) is 0 Å². The highest BCUT2D eigenvalue weighted by molar-refractivity contribution is 7.07. The summed E-state index contributed by atoms with van der Waals surface area (Å²) in [5.74, 6) is -0.204. The second-order valence-corrected chi connectivity index (χ2v) is 9.37. The smallest absolute Gasteiger partial charge is 0.273 e. The average molecular weight is 452 g/mol. The Kier molecular flexibility index (Phi) is 4.38. The molecule has 0 radical (unpaired) electrons. The Balaban J connectivity index is 1.61. The molecule has 0 spiro atoms. The molecule has 1 fully saturated rings. The number of anilines is 1. The van der Waals surface area contributed by atoms with Crippen LogP contribution < -0.4 is 20.2 Å². The number of ether oxygens (including phenoxy) is 1. The van der Waals surface area contributed by atoms with E-state index in [1.165, 1.54) is 11.3 Å². The van der Waals surface area contributed by atoms with Crippen molar-refractivity contribution in [1.29, 1.82) is 0 Å². The van der Waals surface area contributed by atoms with Crippen molar-refractivity contribution in [2.75, 3.05) is 11.9 Å². The molecule has 6 rings (SSSR count). The highest BCUT2D eigenvalue weighted by Gasteiger charge is 2.40. The van der Waals surface area contributed by atoms with Crippen molar-refractivity contribution >= 4 is 40.1 Å². The van der Waals surface area contributed by atoms with Gasteiger partial charge in [0.15, 0.2) is 4.80 Å². The number of hydrogen-bond acceptors (Lipinski definition) is 5. The van der Waals surface area contributed by atoms with Crippen LogP contribution in [0, 0.1) is 5.92 Å². The molecule has 3 aromatic rings. The fourth-order valence-corrected chi connectivity index (χ4v) is 6.01. The number of thiazole rings is 1. The summed E-state index contributed by atoms with van der Waals surface area (Å²) >= 11 is 7.35. The van der Waals surface area contributed by atoms with Crippen LogP contribution in [0.2, 0.25) is 5.02 Å². The zero-order valence-electron chi connectivity index (χ0n) is 16.4. The monoisotopic (exact) mass is 451 g/mol. The standard InChI is InChI=1S/C23H18ClN3O3S/c24-13-9-7-12(8-10-13)18-15-5-3-11-30-22(15)27-21(29)19(31-23(27)26-18)17-14-4-1-2-6-16(14)25-20(17)28/h1-2,4,6-10,15,18,22H,3,5,11H2,(H,25,28)/b19-17-. The van der Waals surface area contributed by atoms with Crippen LogP contribution in [0.25, 0.3) is 5.57 Å². The highest BCUT2D eigenvalue weighted by Crippen LogP contribution is 2.41. The summed E-state index contributed by atoms with van der Waals surface area (Å²) in [6.07, 6.45) is 1.45. The number of rotatable bonds is 1. The lowest BCUT2D eigenvalue weighted by Crippen LogP contribution is -2.45. The number of hydrogen-bond donors (Lipinski definition) is 1. The van der Waals surface area contributed by atoms with Crippen LogP contribution in [-0.4, -0.2) is 17.1 Å². The Hall–Kier alpha value is -2.74. The van der Waals surface area contributed by atoms with E-state index in [4.69, 9.17) is 21.3 Å². The predicted molar refractivity (Wildman–Crippen MR) is 119 cm³/mol. The molecule has 3 aliphatic heterocycles. The molecule has 0 saturated carbocycles. The second-order valence-electron chi connectivity index (χ2n) is 7.96. The SMILES string of the molecule is O=C1Nc2ccccc2/C1=c1/sc2n(c1=O)C1OCCCC1C(c1ccc(Cl)cc1)N=2.